The highest BCUT2D eigenvalue weighted by molar-refractivity contribution is 6.22. The number of nitrogens with zero attached hydrogens (tertiary/aromatic N) is 4. The highest BCUT2D eigenvalue weighted by Crippen LogP contribution is 2.30. The number of ether oxygens (including phenoxy) is 1. The van der Waals surface area contributed by atoms with Crippen LogP contribution in [0.4, 0.5) is 5.82 Å². The molecule has 0 bridgehead atoms. The van der Waals surface area contributed by atoms with Crippen molar-refractivity contribution in [1.82, 2.24) is 14.8 Å². The SMILES string of the molecule is CCC(C)N1C(=O)c2ccc(C(=O)N3CCN(c4cc(C)c5cccc(OC)c5n4)CC3)cc2C1=O. The number of anilines is 1. The topological polar surface area (TPSA) is 83.1 Å². The molecular formula is C28H30N4O4. The van der Waals surface area contributed by atoms with Gasteiger partial charge in [-0.3, -0.25) is 19.3 Å². The number of methoxy groups -OCH3 is 1. The van der Waals surface area contributed by atoms with Crippen LogP contribution in [0, 0.1) is 6.92 Å². The summed E-state index contributed by atoms with van der Waals surface area (Å²) in [5.41, 5.74) is 3.07. The van der Waals surface area contributed by atoms with Gasteiger partial charge in [-0.1, -0.05) is 19.1 Å². The number of para-hydroxylation sites is 1. The number of rotatable bonds is 5. The van der Waals surface area contributed by atoms with Crippen molar-refractivity contribution in [2.45, 2.75) is 33.2 Å². The molecule has 5 rings (SSSR count). The zero-order chi connectivity index (χ0) is 25.6. The molecule has 1 aromatic heterocycles. The van der Waals surface area contributed by atoms with Gasteiger partial charge in [0, 0.05) is 43.2 Å². The van der Waals surface area contributed by atoms with Crippen molar-refractivity contribution >= 4 is 34.4 Å². The standard InChI is InChI=1S/C28H30N4O4/c1-5-18(3)32-27(34)21-10-9-19(16-22(21)28(32)35)26(33)31-13-11-30(12-14-31)24-15-17(2)20-7-6-8-23(36-4)25(20)29-24/h6-10,15-16,18H,5,11-14H2,1-4H3. The number of carbonyl (C=O) groups excluding carboxylic acids is 3. The van der Waals surface area contributed by atoms with E-state index in [1.807, 2.05) is 32.0 Å². The van der Waals surface area contributed by atoms with Crippen LogP contribution in [-0.2, 0) is 0 Å². The maximum absolute atomic E-state index is 13.3. The Kier molecular flexibility index (Phi) is 6.12. The molecule has 36 heavy (non-hydrogen) atoms. The molecule has 1 unspecified atom stereocenters. The summed E-state index contributed by atoms with van der Waals surface area (Å²) in [7, 11) is 1.65. The molecule has 0 saturated carbocycles. The quantitative estimate of drug-likeness (QED) is 0.509. The van der Waals surface area contributed by atoms with Gasteiger partial charge in [-0.25, -0.2) is 4.98 Å². The second kappa shape index (κ2) is 9.26. The third-order valence-electron chi connectivity index (χ3n) is 7.30. The molecule has 1 fully saturated rings. The van der Waals surface area contributed by atoms with Gasteiger partial charge in [0.05, 0.1) is 18.2 Å². The summed E-state index contributed by atoms with van der Waals surface area (Å²) in [5.74, 6) is 0.860. The fourth-order valence-corrected chi connectivity index (χ4v) is 5.00. The van der Waals surface area contributed by atoms with E-state index in [1.54, 1.807) is 30.2 Å². The van der Waals surface area contributed by atoms with Crippen molar-refractivity contribution in [1.29, 1.82) is 0 Å². The van der Waals surface area contributed by atoms with E-state index in [4.69, 9.17) is 9.72 Å². The molecular weight excluding hydrogens is 456 g/mol. The number of benzene rings is 2. The van der Waals surface area contributed by atoms with Gasteiger partial charge in [0.15, 0.2) is 0 Å². The number of piperazine rings is 1. The lowest BCUT2D eigenvalue weighted by molar-refractivity contribution is 0.0593. The van der Waals surface area contributed by atoms with E-state index in [1.165, 1.54) is 4.90 Å². The first-order chi connectivity index (χ1) is 17.3. The highest BCUT2D eigenvalue weighted by Gasteiger charge is 2.38. The van der Waals surface area contributed by atoms with Crippen LogP contribution >= 0.6 is 0 Å². The number of pyridine rings is 1. The first kappa shape index (κ1) is 23.8. The van der Waals surface area contributed by atoms with E-state index in [0.29, 0.717) is 49.3 Å². The second-order valence-electron chi connectivity index (χ2n) is 9.43. The van der Waals surface area contributed by atoms with E-state index in [9.17, 15) is 14.4 Å². The lowest BCUT2D eigenvalue weighted by Crippen LogP contribution is -2.49. The van der Waals surface area contributed by atoms with Gasteiger partial charge in [0.1, 0.15) is 17.1 Å². The van der Waals surface area contributed by atoms with E-state index >= 15 is 0 Å². The summed E-state index contributed by atoms with van der Waals surface area (Å²) in [5, 5.41) is 1.06. The molecule has 2 aromatic carbocycles. The molecule has 1 atom stereocenters. The molecule has 186 valence electrons. The molecule has 2 aliphatic heterocycles. The Morgan fingerprint density at radius 1 is 1.03 bits per heavy atom. The monoisotopic (exact) mass is 486 g/mol. The first-order valence-corrected chi connectivity index (χ1v) is 12.3. The van der Waals surface area contributed by atoms with Gasteiger partial charge >= 0.3 is 0 Å². The largest absolute Gasteiger partial charge is 0.494 e. The molecule has 3 heterocycles. The summed E-state index contributed by atoms with van der Waals surface area (Å²) in [6.45, 7) is 8.21. The van der Waals surface area contributed by atoms with Crippen LogP contribution < -0.4 is 9.64 Å². The predicted octanol–water partition coefficient (Wildman–Crippen LogP) is 3.91. The van der Waals surface area contributed by atoms with E-state index in [2.05, 4.69) is 17.9 Å². The van der Waals surface area contributed by atoms with Crippen LogP contribution in [0.5, 0.6) is 5.75 Å². The van der Waals surface area contributed by atoms with E-state index in [0.717, 1.165) is 28.0 Å². The highest BCUT2D eigenvalue weighted by atomic mass is 16.5. The maximum Gasteiger partial charge on any atom is 0.261 e. The zero-order valence-electron chi connectivity index (χ0n) is 21.1. The molecule has 8 heteroatoms. The van der Waals surface area contributed by atoms with Crippen LogP contribution in [0.3, 0.4) is 0 Å². The Bertz CT molecular complexity index is 1380. The smallest absolute Gasteiger partial charge is 0.261 e. The molecule has 0 spiro atoms. The Balaban J connectivity index is 1.32. The lowest BCUT2D eigenvalue weighted by atomic mass is 10.0. The van der Waals surface area contributed by atoms with Crippen molar-refractivity contribution in [2.75, 3.05) is 38.2 Å². The van der Waals surface area contributed by atoms with Crippen molar-refractivity contribution in [3.05, 3.63) is 64.7 Å². The van der Waals surface area contributed by atoms with Crippen molar-refractivity contribution in [2.24, 2.45) is 0 Å². The molecule has 0 N–H and O–H groups in total. The van der Waals surface area contributed by atoms with Gasteiger partial charge in [0.2, 0.25) is 0 Å². The lowest BCUT2D eigenvalue weighted by Gasteiger charge is -2.35. The van der Waals surface area contributed by atoms with E-state index < -0.39 is 0 Å². The molecule has 2 aliphatic rings. The third kappa shape index (κ3) is 3.86. The Morgan fingerprint density at radius 2 is 1.75 bits per heavy atom. The van der Waals surface area contributed by atoms with Crippen LogP contribution in [0.2, 0.25) is 0 Å². The van der Waals surface area contributed by atoms with Crippen LogP contribution in [0.1, 0.15) is 56.9 Å². The average Bonchev–Trinajstić information content (AvgIpc) is 3.16. The third-order valence-corrected chi connectivity index (χ3v) is 7.30. The van der Waals surface area contributed by atoms with Gasteiger partial charge < -0.3 is 14.5 Å². The number of aromatic nitrogens is 1. The summed E-state index contributed by atoms with van der Waals surface area (Å²) in [6.07, 6.45) is 0.680. The Morgan fingerprint density at radius 3 is 2.44 bits per heavy atom. The number of hydrogen-bond donors (Lipinski definition) is 0. The number of hydrogen-bond acceptors (Lipinski definition) is 6. The molecule has 3 amide bonds. The molecule has 3 aromatic rings. The van der Waals surface area contributed by atoms with Crippen molar-refractivity contribution < 1.29 is 19.1 Å². The van der Waals surface area contributed by atoms with Crippen molar-refractivity contribution in [3.63, 3.8) is 0 Å². The number of aryl methyl sites for hydroxylation is 1. The Labute approximate surface area is 210 Å². The molecule has 0 aliphatic carbocycles. The minimum absolute atomic E-state index is 0.135. The van der Waals surface area contributed by atoms with Gasteiger partial charge in [-0.05, 0) is 56.2 Å². The number of fused-ring (bicyclic) bond motifs is 2. The number of imide groups is 1. The minimum atomic E-state index is -0.322. The van der Waals surface area contributed by atoms with Gasteiger partial charge in [0.25, 0.3) is 17.7 Å². The summed E-state index contributed by atoms with van der Waals surface area (Å²) >= 11 is 0. The molecule has 0 radical (unpaired) electrons. The van der Waals surface area contributed by atoms with Crippen molar-refractivity contribution in [3.8, 4) is 5.75 Å². The fraction of sp³-hybridized carbons (Fsp3) is 0.357. The van der Waals surface area contributed by atoms with Crippen LogP contribution in [0.15, 0.2) is 42.5 Å². The summed E-state index contributed by atoms with van der Waals surface area (Å²) in [4.78, 5) is 49.0. The first-order valence-electron chi connectivity index (χ1n) is 12.3. The second-order valence-corrected chi connectivity index (χ2v) is 9.43. The number of amides is 3. The van der Waals surface area contributed by atoms with Crippen LogP contribution in [0.25, 0.3) is 10.9 Å². The zero-order valence-corrected chi connectivity index (χ0v) is 21.1. The molecule has 1 saturated heterocycles. The summed E-state index contributed by atoms with van der Waals surface area (Å²) < 4.78 is 5.51. The van der Waals surface area contributed by atoms with Gasteiger partial charge in [-0.15, -0.1) is 0 Å². The minimum Gasteiger partial charge on any atom is -0.494 e. The number of carbonyl (C=O) groups is 3. The van der Waals surface area contributed by atoms with Crippen LogP contribution in [-0.4, -0.2) is 71.8 Å². The normalized spacial score (nSPS) is 16.5. The fourth-order valence-electron chi connectivity index (χ4n) is 5.00. The summed E-state index contributed by atoms with van der Waals surface area (Å²) in [6, 6.07) is 12.6. The predicted molar refractivity (Wildman–Crippen MR) is 138 cm³/mol. The maximum atomic E-state index is 13.3. The molecule has 8 nitrogen and oxygen atoms in total. The average molecular weight is 487 g/mol. The van der Waals surface area contributed by atoms with Gasteiger partial charge in [-0.2, -0.15) is 0 Å². The Hall–Kier alpha value is -3.94. The van der Waals surface area contributed by atoms with E-state index in [-0.39, 0.29) is 23.8 Å².